The lowest BCUT2D eigenvalue weighted by Gasteiger charge is -2.30. The normalized spacial score (nSPS) is 15.3. The van der Waals surface area contributed by atoms with E-state index in [4.69, 9.17) is 0 Å². The number of benzene rings is 1. The van der Waals surface area contributed by atoms with Gasteiger partial charge in [0.2, 0.25) is 0 Å². The zero-order valence-electron chi connectivity index (χ0n) is 14.4. The van der Waals surface area contributed by atoms with Crippen LogP contribution >= 0.6 is 0 Å². The van der Waals surface area contributed by atoms with Crippen molar-refractivity contribution in [2.45, 2.75) is 32.0 Å². The van der Waals surface area contributed by atoms with Gasteiger partial charge >= 0.3 is 11.9 Å². The lowest BCUT2D eigenvalue weighted by molar-refractivity contribution is -0.137. The molecule has 1 aliphatic rings. The monoisotopic (exact) mass is 367 g/mol. The molecule has 26 heavy (non-hydrogen) atoms. The van der Waals surface area contributed by atoms with E-state index in [-0.39, 0.29) is 6.54 Å². The summed E-state index contributed by atoms with van der Waals surface area (Å²) < 4.78 is 41.2. The summed E-state index contributed by atoms with van der Waals surface area (Å²) in [4.78, 5) is 26.6. The Kier molecular flexibility index (Phi) is 4.93. The smallest absolute Gasteiger partial charge is 0.358 e. The molecule has 3 rings (SSSR count). The number of nitrogens with zero attached hydrogens (tertiary/aromatic N) is 3. The van der Waals surface area contributed by atoms with Crippen molar-refractivity contribution in [3.05, 3.63) is 62.3 Å². The van der Waals surface area contributed by atoms with Crippen molar-refractivity contribution in [3.8, 4) is 0 Å². The first-order chi connectivity index (χ1) is 12.3. The molecule has 0 amide bonds. The molecule has 2 aromatic rings. The Bertz CT molecular complexity index is 909. The Morgan fingerprint density at radius 3 is 2.38 bits per heavy atom. The van der Waals surface area contributed by atoms with E-state index in [1.165, 1.54) is 23.7 Å². The van der Waals surface area contributed by atoms with Gasteiger partial charge in [-0.1, -0.05) is 12.1 Å². The van der Waals surface area contributed by atoms with Crippen LogP contribution in [0.25, 0.3) is 0 Å². The molecule has 5 nitrogen and oxygen atoms in total. The third kappa shape index (κ3) is 3.68. The molecular formula is C18H20F3N3O2. The number of piperidine rings is 1. The van der Waals surface area contributed by atoms with E-state index >= 15 is 0 Å². The minimum atomic E-state index is -4.44. The zero-order chi connectivity index (χ0) is 18.9. The van der Waals surface area contributed by atoms with Crippen molar-refractivity contribution < 1.29 is 13.2 Å². The molecule has 0 unspecified atom stereocenters. The number of alkyl halides is 3. The highest BCUT2D eigenvalue weighted by Gasteiger charge is 2.30. The number of hydrogen-bond acceptors (Lipinski definition) is 3. The molecule has 8 heteroatoms. The predicted octanol–water partition coefficient (Wildman–Crippen LogP) is 2.60. The molecule has 0 radical (unpaired) electrons. The van der Waals surface area contributed by atoms with Gasteiger partial charge in [-0.2, -0.15) is 13.2 Å². The van der Waals surface area contributed by atoms with Gasteiger partial charge in [-0.3, -0.25) is 13.9 Å². The second kappa shape index (κ2) is 7.01. The highest BCUT2D eigenvalue weighted by Crippen LogP contribution is 2.30. The van der Waals surface area contributed by atoms with Crippen LogP contribution < -0.4 is 16.1 Å². The van der Waals surface area contributed by atoms with Gasteiger partial charge in [-0.15, -0.1) is 0 Å². The minimum Gasteiger partial charge on any atom is -0.358 e. The lowest BCUT2D eigenvalue weighted by atomic mass is 10.1. The van der Waals surface area contributed by atoms with E-state index in [0.29, 0.717) is 11.4 Å². The van der Waals surface area contributed by atoms with E-state index in [2.05, 4.69) is 0 Å². The van der Waals surface area contributed by atoms with Crippen molar-refractivity contribution in [1.82, 2.24) is 9.13 Å². The molecule has 0 bridgehead atoms. The number of anilines is 1. The van der Waals surface area contributed by atoms with Gasteiger partial charge in [0, 0.05) is 26.2 Å². The minimum absolute atomic E-state index is 0.0251. The van der Waals surface area contributed by atoms with Crippen LogP contribution in [0.5, 0.6) is 0 Å². The molecule has 0 aliphatic carbocycles. The third-order valence-corrected chi connectivity index (χ3v) is 4.65. The first kappa shape index (κ1) is 18.3. The molecule has 1 aromatic heterocycles. The average molecular weight is 367 g/mol. The highest BCUT2D eigenvalue weighted by molar-refractivity contribution is 5.40. The van der Waals surface area contributed by atoms with Gasteiger partial charge in [0.1, 0.15) is 5.82 Å². The van der Waals surface area contributed by atoms with Crippen molar-refractivity contribution in [2.75, 3.05) is 18.0 Å². The fraction of sp³-hybridized carbons (Fsp3) is 0.444. The summed E-state index contributed by atoms with van der Waals surface area (Å²) >= 11 is 0. The first-order valence-corrected chi connectivity index (χ1v) is 8.49. The summed E-state index contributed by atoms with van der Waals surface area (Å²) in [6.45, 7) is 1.41. The standard InChI is InChI=1S/C18H20F3N3O2/c1-22-16(25)11-15(23-8-3-2-4-9-23)24(17(22)26)12-13-6-5-7-14(10-13)18(19,20)21/h5-7,10-11H,2-4,8-9,12H2,1H3. The molecule has 1 fully saturated rings. The summed E-state index contributed by atoms with van der Waals surface area (Å²) in [6, 6.07) is 6.30. The zero-order valence-corrected chi connectivity index (χ0v) is 14.4. The highest BCUT2D eigenvalue weighted by atomic mass is 19.4. The van der Waals surface area contributed by atoms with Crippen LogP contribution in [0.3, 0.4) is 0 Å². The molecule has 1 aliphatic heterocycles. The average Bonchev–Trinajstić information content (AvgIpc) is 2.62. The van der Waals surface area contributed by atoms with Crippen LogP contribution in [-0.2, 0) is 19.8 Å². The molecule has 2 heterocycles. The lowest BCUT2D eigenvalue weighted by Crippen LogP contribution is -2.43. The van der Waals surface area contributed by atoms with Crippen LogP contribution in [0.1, 0.15) is 30.4 Å². The van der Waals surface area contributed by atoms with E-state index in [9.17, 15) is 22.8 Å². The molecule has 0 atom stereocenters. The summed E-state index contributed by atoms with van der Waals surface area (Å²) in [5.74, 6) is 0.468. The van der Waals surface area contributed by atoms with E-state index in [1.54, 1.807) is 6.07 Å². The SMILES string of the molecule is Cn1c(=O)cc(N2CCCCC2)n(Cc2cccc(C(F)(F)F)c2)c1=O. The van der Waals surface area contributed by atoms with Crippen molar-refractivity contribution in [1.29, 1.82) is 0 Å². The van der Waals surface area contributed by atoms with Crippen molar-refractivity contribution in [3.63, 3.8) is 0 Å². The Balaban J connectivity index is 2.05. The number of aromatic nitrogens is 2. The third-order valence-electron chi connectivity index (χ3n) is 4.65. The molecule has 1 saturated heterocycles. The van der Waals surface area contributed by atoms with Gasteiger partial charge in [0.15, 0.2) is 0 Å². The summed E-state index contributed by atoms with van der Waals surface area (Å²) in [5, 5.41) is 0. The maximum absolute atomic E-state index is 13.0. The number of hydrogen-bond donors (Lipinski definition) is 0. The van der Waals surface area contributed by atoms with Gasteiger partial charge in [-0.25, -0.2) is 4.79 Å². The van der Waals surface area contributed by atoms with Gasteiger partial charge < -0.3 is 4.90 Å². The Morgan fingerprint density at radius 1 is 1.04 bits per heavy atom. The van der Waals surface area contributed by atoms with E-state index in [0.717, 1.165) is 49.1 Å². The number of rotatable bonds is 3. The maximum Gasteiger partial charge on any atom is 0.416 e. The molecule has 140 valence electrons. The molecule has 0 saturated carbocycles. The topological polar surface area (TPSA) is 47.2 Å². The Hall–Kier alpha value is -2.51. The first-order valence-electron chi connectivity index (χ1n) is 8.49. The van der Waals surface area contributed by atoms with Crippen LogP contribution in [0.2, 0.25) is 0 Å². The Morgan fingerprint density at radius 2 is 1.73 bits per heavy atom. The summed E-state index contributed by atoms with van der Waals surface area (Å²) in [6.07, 6.45) is -1.46. The van der Waals surface area contributed by atoms with Crippen LogP contribution in [-0.4, -0.2) is 22.2 Å². The molecule has 0 N–H and O–H groups in total. The number of halogens is 3. The van der Waals surface area contributed by atoms with E-state index < -0.39 is 23.0 Å². The van der Waals surface area contributed by atoms with Crippen LogP contribution in [0.4, 0.5) is 19.0 Å². The Labute approximate surface area is 148 Å². The van der Waals surface area contributed by atoms with Crippen molar-refractivity contribution >= 4 is 5.82 Å². The molecule has 0 spiro atoms. The quantitative estimate of drug-likeness (QED) is 0.838. The van der Waals surface area contributed by atoms with Crippen LogP contribution in [0.15, 0.2) is 39.9 Å². The second-order valence-electron chi connectivity index (χ2n) is 6.51. The fourth-order valence-corrected chi connectivity index (χ4v) is 3.22. The van der Waals surface area contributed by atoms with Crippen molar-refractivity contribution in [2.24, 2.45) is 7.05 Å². The van der Waals surface area contributed by atoms with Gasteiger partial charge in [-0.05, 0) is 37.0 Å². The van der Waals surface area contributed by atoms with Gasteiger partial charge in [0.05, 0.1) is 12.1 Å². The van der Waals surface area contributed by atoms with E-state index in [1.807, 2.05) is 4.90 Å². The van der Waals surface area contributed by atoms with Gasteiger partial charge in [0.25, 0.3) is 5.56 Å². The second-order valence-corrected chi connectivity index (χ2v) is 6.51. The molecule has 1 aromatic carbocycles. The summed E-state index contributed by atoms with van der Waals surface area (Å²) in [5.41, 5.74) is -1.35. The fourth-order valence-electron chi connectivity index (χ4n) is 3.22. The largest absolute Gasteiger partial charge is 0.416 e. The predicted molar refractivity (Wildman–Crippen MR) is 92.6 cm³/mol. The molecular weight excluding hydrogens is 347 g/mol. The summed E-state index contributed by atoms with van der Waals surface area (Å²) in [7, 11) is 1.37. The maximum atomic E-state index is 13.0. The van der Waals surface area contributed by atoms with Crippen LogP contribution in [0, 0.1) is 0 Å².